The van der Waals surface area contributed by atoms with Gasteiger partial charge in [0.2, 0.25) is 5.91 Å². The summed E-state index contributed by atoms with van der Waals surface area (Å²) in [6, 6.07) is 1.73. The van der Waals surface area contributed by atoms with Gasteiger partial charge in [-0.2, -0.15) is 5.10 Å². The van der Waals surface area contributed by atoms with Crippen molar-refractivity contribution >= 4 is 33.9 Å². The lowest BCUT2D eigenvalue weighted by atomic mass is 9.94. The van der Waals surface area contributed by atoms with Crippen LogP contribution >= 0.6 is 11.3 Å². The first-order valence-corrected chi connectivity index (χ1v) is 9.48. The molecule has 2 heterocycles. The van der Waals surface area contributed by atoms with Crippen molar-refractivity contribution in [3.05, 3.63) is 38.0 Å². The smallest absolute Gasteiger partial charge is 0.340 e. The average Bonchev–Trinajstić information content (AvgIpc) is 3.13. The Balaban J connectivity index is 2.15. The number of nitrogens with one attached hydrogen (secondary N) is 1. The fraction of sp³-hybridized carbons (Fsp3) is 0.500. The van der Waals surface area contributed by atoms with E-state index in [1.165, 1.54) is 23.1 Å². The number of amides is 1. The first kappa shape index (κ1) is 21.5. The van der Waals surface area contributed by atoms with Gasteiger partial charge >= 0.3 is 11.7 Å². The second-order valence-electron chi connectivity index (χ2n) is 7.39. The molecule has 2 rings (SSSR count). The average molecular weight is 408 g/mol. The maximum Gasteiger partial charge on any atom is 0.340 e. The minimum atomic E-state index is -0.517. The van der Waals surface area contributed by atoms with E-state index in [4.69, 9.17) is 4.74 Å². The Hall–Kier alpha value is -2.75. The number of thiophene rings is 1. The number of nitro groups is 1. The van der Waals surface area contributed by atoms with Crippen LogP contribution in [0.5, 0.6) is 0 Å². The molecule has 152 valence electrons. The summed E-state index contributed by atoms with van der Waals surface area (Å²) in [6.07, 6.45) is 0.0580. The normalized spacial score (nSPS) is 11.4. The second kappa shape index (κ2) is 8.09. The van der Waals surface area contributed by atoms with Gasteiger partial charge < -0.3 is 10.1 Å². The van der Waals surface area contributed by atoms with Gasteiger partial charge in [-0.1, -0.05) is 20.8 Å². The highest BCUT2D eigenvalue weighted by molar-refractivity contribution is 7.16. The molecule has 0 saturated heterocycles. The van der Waals surface area contributed by atoms with Crippen LogP contribution in [-0.4, -0.2) is 33.7 Å². The first-order chi connectivity index (χ1) is 13.0. The van der Waals surface area contributed by atoms with Gasteiger partial charge in [0.25, 0.3) is 0 Å². The van der Waals surface area contributed by atoms with Crippen LogP contribution in [0.2, 0.25) is 0 Å². The molecule has 0 aliphatic carbocycles. The van der Waals surface area contributed by atoms with Crippen LogP contribution in [0.3, 0.4) is 0 Å². The SMILES string of the molecule is COC(=O)c1cc(C(C)(C)C)sc1NC(=O)CCn1nc(C)c([N+](=O)[O-])c1C. The van der Waals surface area contributed by atoms with Crippen molar-refractivity contribution in [2.24, 2.45) is 0 Å². The Bertz CT molecular complexity index is 923. The molecule has 0 aliphatic heterocycles. The quantitative estimate of drug-likeness (QED) is 0.444. The number of ether oxygens (including phenoxy) is 1. The van der Waals surface area contributed by atoms with Gasteiger partial charge in [0, 0.05) is 11.3 Å². The Labute approximate surface area is 166 Å². The first-order valence-electron chi connectivity index (χ1n) is 8.66. The van der Waals surface area contributed by atoms with Gasteiger partial charge in [-0.15, -0.1) is 11.3 Å². The molecule has 0 atom stereocenters. The Morgan fingerprint density at radius 3 is 2.50 bits per heavy atom. The molecule has 28 heavy (non-hydrogen) atoms. The number of methoxy groups -OCH3 is 1. The Morgan fingerprint density at radius 1 is 1.36 bits per heavy atom. The maximum atomic E-state index is 12.4. The number of hydrogen-bond acceptors (Lipinski definition) is 7. The van der Waals surface area contributed by atoms with Gasteiger partial charge in [-0.05, 0) is 25.3 Å². The highest BCUT2D eigenvalue weighted by Gasteiger charge is 2.25. The number of rotatable bonds is 6. The molecule has 9 nitrogen and oxygen atoms in total. The molecule has 0 aliphatic rings. The molecule has 0 spiro atoms. The van der Waals surface area contributed by atoms with E-state index in [0.717, 1.165) is 4.88 Å². The highest BCUT2D eigenvalue weighted by Crippen LogP contribution is 2.36. The summed E-state index contributed by atoms with van der Waals surface area (Å²) in [5.74, 6) is -0.834. The molecule has 0 bridgehead atoms. The van der Waals surface area contributed by atoms with Gasteiger partial charge in [0.1, 0.15) is 16.4 Å². The summed E-state index contributed by atoms with van der Waals surface area (Å²) < 4.78 is 6.25. The fourth-order valence-electron chi connectivity index (χ4n) is 2.68. The highest BCUT2D eigenvalue weighted by atomic mass is 32.1. The van der Waals surface area contributed by atoms with Crippen molar-refractivity contribution in [3.8, 4) is 0 Å². The Kier molecular flexibility index (Phi) is 6.23. The molecule has 0 saturated carbocycles. The van der Waals surface area contributed by atoms with Crippen molar-refractivity contribution in [2.45, 2.75) is 53.0 Å². The van der Waals surface area contributed by atoms with E-state index in [-0.39, 0.29) is 30.0 Å². The van der Waals surface area contributed by atoms with Crippen LogP contribution in [0.15, 0.2) is 6.07 Å². The zero-order chi connectivity index (χ0) is 21.2. The molecule has 0 aromatic carbocycles. The van der Waals surface area contributed by atoms with Crippen molar-refractivity contribution in [1.29, 1.82) is 0 Å². The van der Waals surface area contributed by atoms with E-state index in [9.17, 15) is 19.7 Å². The number of carbonyl (C=O) groups excluding carboxylic acids is 2. The van der Waals surface area contributed by atoms with Crippen molar-refractivity contribution < 1.29 is 19.2 Å². The van der Waals surface area contributed by atoms with Gasteiger partial charge in [-0.3, -0.25) is 19.6 Å². The summed E-state index contributed by atoms with van der Waals surface area (Å²) in [4.78, 5) is 36.0. The zero-order valence-electron chi connectivity index (χ0n) is 16.8. The van der Waals surface area contributed by atoms with Gasteiger partial charge in [0.05, 0.1) is 24.1 Å². The van der Waals surface area contributed by atoms with E-state index in [1.807, 2.05) is 20.8 Å². The minimum absolute atomic E-state index is 0.0403. The maximum absolute atomic E-state index is 12.4. The van der Waals surface area contributed by atoms with Crippen LogP contribution in [0.25, 0.3) is 0 Å². The molecule has 1 N–H and O–H groups in total. The van der Waals surface area contributed by atoms with Crippen molar-refractivity contribution in [3.63, 3.8) is 0 Å². The van der Waals surface area contributed by atoms with Crippen molar-refractivity contribution in [1.82, 2.24) is 9.78 Å². The predicted octanol–water partition coefficient (Wildman–Crippen LogP) is 3.58. The van der Waals surface area contributed by atoms with Crippen LogP contribution < -0.4 is 5.32 Å². The fourth-order valence-corrected chi connectivity index (χ4v) is 3.80. The second-order valence-corrected chi connectivity index (χ2v) is 8.45. The summed E-state index contributed by atoms with van der Waals surface area (Å²) in [5.41, 5.74) is 0.800. The number of nitrogens with zero attached hydrogens (tertiary/aromatic N) is 3. The van der Waals surface area contributed by atoms with Crippen LogP contribution in [0, 0.1) is 24.0 Å². The summed E-state index contributed by atoms with van der Waals surface area (Å²) in [7, 11) is 1.29. The zero-order valence-corrected chi connectivity index (χ0v) is 17.6. The van der Waals surface area contributed by atoms with Crippen LogP contribution in [0.4, 0.5) is 10.7 Å². The summed E-state index contributed by atoms with van der Waals surface area (Å²) in [5, 5.41) is 18.4. The van der Waals surface area contributed by atoms with E-state index in [1.54, 1.807) is 19.9 Å². The molecule has 10 heteroatoms. The van der Waals surface area contributed by atoms with Gasteiger partial charge in [0.15, 0.2) is 0 Å². The lowest BCUT2D eigenvalue weighted by molar-refractivity contribution is -0.386. The third-order valence-corrected chi connectivity index (χ3v) is 5.68. The number of aromatic nitrogens is 2. The van der Waals surface area contributed by atoms with E-state index >= 15 is 0 Å². The van der Waals surface area contributed by atoms with Crippen LogP contribution in [0.1, 0.15) is 53.8 Å². The topological polar surface area (TPSA) is 116 Å². The molecular formula is C18H24N4O5S. The molecule has 1 amide bonds. The number of aryl methyl sites for hydroxylation is 2. The molecule has 0 radical (unpaired) electrons. The van der Waals surface area contributed by atoms with E-state index < -0.39 is 10.9 Å². The largest absolute Gasteiger partial charge is 0.465 e. The molecule has 0 unspecified atom stereocenters. The van der Waals surface area contributed by atoms with E-state index in [2.05, 4.69) is 10.4 Å². The third-order valence-electron chi connectivity index (χ3n) is 4.21. The Morgan fingerprint density at radius 2 is 2.00 bits per heavy atom. The summed E-state index contributed by atoms with van der Waals surface area (Å²) >= 11 is 1.33. The lowest BCUT2D eigenvalue weighted by Gasteiger charge is -2.15. The monoisotopic (exact) mass is 408 g/mol. The number of esters is 1. The van der Waals surface area contributed by atoms with Crippen LogP contribution in [-0.2, 0) is 21.5 Å². The number of carbonyl (C=O) groups is 2. The molecule has 2 aromatic heterocycles. The lowest BCUT2D eigenvalue weighted by Crippen LogP contribution is -2.16. The molecule has 0 fully saturated rings. The standard InChI is InChI=1S/C18H24N4O5S/c1-10-15(22(25)26)11(2)21(20-10)8-7-14(23)19-16-12(17(24)27-6)9-13(28-16)18(3,4)5/h9H,7-8H2,1-6H3,(H,19,23). The van der Waals surface area contributed by atoms with E-state index in [0.29, 0.717) is 22.0 Å². The summed E-state index contributed by atoms with van der Waals surface area (Å²) in [6.45, 7) is 9.39. The predicted molar refractivity (Wildman–Crippen MR) is 106 cm³/mol. The molecular weight excluding hydrogens is 384 g/mol. The molecule has 2 aromatic rings. The van der Waals surface area contributed by atoms with Crippen molar-refractivity contribution in [2.75, 3.05) is 12.4 Å². The van der Waals surface area contributed by atoms with Gasteiger partial charge in [-0.25, -0.2) is 4.79 Å². The third kappa shape index (κ3) is 4.56. The number of hydrogen-bond donors (Lipinski definition) is 1. The number of anilines is 1. The minimum Gasteiger partial charge on any atom is -0.465 e.